The molecule has 6 nitrogen and oxygen atoms in total. The van der Waals surface area contributed by atoms with Crippen LogP contribution in [0, 0.1) is 0 Å². The number of H-pyrrole nitrogens is 1. The van der Waals surface area contributed by atoms with E-state index in [1.165, 1.54) is 5.39 Å². The number of ether oxygens (including phenoxy) is 2. The second kappa shape index (κ2) is 7.61. The van der Waals surface area contributed by atoms with Crippen LogP contribution < -0.4 is 20.1 Å². The van der Waals surface area contributed by atoms with Crippen LogP contribution in [0.25, 0.3) is 10.9 Å². The molecule has 6 heteroatoms. The number of hydrogen-bond donors (Lipinski definition) is 3. The topological polar surface area (TPSA) is 75.4 Å². The van der Waals surface area contributed by atoms with Crippen molar-refractivity contribution in [2.75, 3.05) is 19.5 Å². The van der Waals surface area contributed by atoms with Gasteiger partial charge in [0.15, 0.2) is 0 Å². The average molecular weight is 367 g/mol. The molecule has 0 fully saturated rings. The zero-order valence-electron chi connectivity index (χ0n) is 16.1. The van der Waals surface area contributed by atoms with E-state index in [9.17, 15) is 4.79 Å². The van der Waals surface area contributed by atoms with Gasteiger partial charge in [0.2, 0.25) is 0 Å². The van der Waals surface area contributed by atoms with E-state index in [4.69, 9.17) is 9.47 Å². The Morgan fingerprint density at radius 2 is 1.89 bits per heavy atom. The van der Waals surface area contributed by atoms with E-state index >= 15 is 0 Å². The van der Waals surface area contributed by atoms with E-state index in [0.717, 1.165) is 11.1 Å². The molecular weight excluding hydrogens is 342 g/mol. The van der Waals surface area contributed by atoms with Gasteiger partial charge in [-0.25, -0.2) is 4.79 Å². The predicted molar refractivity (Wildman–Crippen MR) is 108 cm³/mol. The van der Waals surface area contributed by atoms with Crippen LogP contribution in [-0.4, -0.2) is 30.8 Å². The number of rotatable bonds is 6. The van der Waals surface area contributed by atoms with Crippen molar-refractivity contribution in [3.05, 3.63) is 54.2 Å². The minimum atomic E-state index is -0.443. The molecule has 3 aromatic rings. The summed E-state index contributed by atoms with van der Waals surface area (Å²) in [7, 11) is 3.14. The molecule has 0 aliphatic rings. The SMILES string of the molecule is COc1ccc(OC)c(NC(=O)NC(C)(C)Cc2c[nH]c3ccccc23)c1. The third kappa shape index (κ3) is 4.34. The highest BCUT2D eigenvalue weighted by atomic mass is 16.5. The van der Waals surface area contributed by atoms with E-state index in [2.05, 4.69) is 21.7 Å². The first-order valence-corrected chi connectivity index (χ1v) is 8.78. The molecule has 142 valence electrons. The van der Waals surface area contributed by atoms with Crippen molar-refractivity contribution in [3.63, 3.8) is 0 Å². The van der Waals surface area contributed by atoms with E-state index in [1.807, 2.05) is 38.2 Å². The minimum absolute atomic E-state index is 0.300. The number of urea groups is 1. The van der Waals surface area contributed by atoms with Crippen LogP contribution in [0.3, 0.4) is 0 Å². The van der Waals surface area contributed by atoms with Gasteiger partial charge in [-0.2, -0.15) is 0 Å². The number of anilines is 1. The molecule has 1 heterocycles. The molecule has 3 N–H and O–H groups in total. The van der Waals surface area contributed by atoms with Gasteiger partial charge >= 0.3 is 6.03 Å². The lowest BCUT2D eigenvalue weighted by atomic mass is 9.95. The fraction of sp³-hybridized carbons (Fsp3) is 0.286. The van der Waals surface area contributed by atoms with Gasteiger partial charge in [-0.15, -0.1) is 0 Å². The summed E-state index contributed by atoms with van der Waals surface area (Å²) in [6, 6.07) is 13.1. The number of aromatic amines is 1. The molecule has 0 aliphatic heterocycles. The quantitative estimate of drug-likeness (QED) is 0.607. The second-order valence-electron chi connectivity index (χ2n) is 7.07. The van der Waals surface area contributed by atoms with E-state index in [-0.39, 0.29) is 6.03 Å². The Hall–Kier alpha value is -3.15. The van der Waals surface area contributed by atoms with Crippen LogP contribution >= 0.6 is 0 Å². The average Bonchev–Trinajstić information content (AvgIpc) is 3.03. The maximum atomic E-state index is 12.6. The number of hydrogen-bond acceptors (Lipinski definition) is 3. The molecule has 0 radical (unpaired) electrons. The first kappa shape index (κ1) is 18.6. The first-order chi connectivity index (χ1) is 12.9. The van der Waals surface area contributed by atoms with Gasteiger partial charge in [-0.1, -0.05) is 18.2 Å². The van der Waals surface area contributed by atoms with Crippen LogP contribution in [0.5, 0.6) is 11.5 Å². The third-order valence-corrected chi connectivity index (χ3v) is 4.41. The van der Waals surface area contributed by atoms with Crippen LogP contribution in [0.15, 0.2) is 48.7 Å². The molecule has 1 aromatic heterocycles. The lowest BCUT2D eigenvalue weighted by molar-refractivity contribution is 0.241. The van der Waals surface area contributed by atoms with Crippen LogP contribution in [0.2, 0.25) is 0 Å². The number of fused-ring (bicyclic) bond motifs is 1. The van der Waals surface area contributed by atoms with Crippen molar-refractivity contribution < 1.29 is 14.3 Å². The Kier molecular flexibility index (Phi) is 5.26. The third-order valence-electron chi connectivity index (χ3n) is 4.41. The van der Waals surface area contributed by atoms with Gasteiger partial charge in [0.1, 0.15) is 11.5 Å². The molecule has 2 amide bonds. The summed E-state index contributed by atoms with van der Waals surface area (Å²) in [5.41, 5.74) is 2.36. The fourth-order valence-corrected chi connectivity index (χ4v) is 3.17. The molecule has 0 aliphatic carbocycles. The molecule has 0 saturated heterocycles. The summed E-state index contributed by atoms with van der Waals surface area (Å²) in [5.74, 6) is 1.21. The number of para-hydroxylation sites is 1. The maximum absolute atomic E-state index is 12.6. The summed E-state index contributed by atoms with van der Waals surface area (Å²) in [4.78, 5) is 15.8. The summed E-state index contributed by atoms with van der Waals surface area (Å²) in [5, 5.41) is 7.05. The molecule has 0 atom stereocenters. The minimum Gasteiger partial charge on any atom is -0.497 e. The predicted octanol–water partition coefficient (Wildman–Crippen LogP) is 4.33. The number of nitrogens with one attached hydrogen (secondary N) is 3. The zero-order chi connectivity index (χ0) is 19.4. The largest absolute Gasteiger partial charge is 0.497 e. The molecule has 0 unspecified atom stereocenters. The smallest absolute Gasteiger partial charge is 0.319 e. The summed E-state index contributed by atoms with van der Waals surface area (Å²) in [6.45, 7) is 3.99. The number of carbonyl (C=O) groups is 1. The Balaban J connectivity index is 1.71. The van der Waals surface area contributed by atoms with Crippen molar-refractivity contribution in [2.45, 2.75) is 25.8 Å². The second-order valence-corrected chi connectivity index (χ2v) is 7.07. The maximum Gasteiger partial charge on any atom is 0.319 e. The molecule has 3 rings (SSSR count). The van der Waals surface area contributed by atoms with Gasteiger partial charge in [0.05, 0.1) is 19.9 Å². The van der Waals surface area contributed by atoms with Gasteiger partial charge in [0, 0.05) is 28.7 Å². The Bertz CT molecular complexity index is 947. The normalized spacial score (nSPS) is 11.3. The summed E-state index contributed by atoms with van der Waals surface area (Å²) < 4.78 is 10.5. The van der Waals surface area contributed by atoms with Crippen molar-refractivity contribution in [1.82, 2.24) is 10.3 Å². The number of methoxy groups -OCH3 is 2. The standard InChI is InChI=1S/C21H25N3O3/c1-21(2,12-14-13-22-17-8-6-5-7-16(14)17)24-20(25)23-18-11-15(26-3)9-10-19(18)27-4/h5-11,13,22H,12H2,1-4H3,(H2,23,24,25). The lowest BCUT2D eigenvalue weighted by Gasteiger charge is -2.26. The molecule has 0 spiro atoms. The highest BCUT2D eigenvalue weighted by molar-refractivity contribution is 5.92. The van der Waals surface area contributed by atoms with Crippen LogP contribution in [0.1, 0.15) is 19.4 Å². The fourth-order valence-electron chi connectivity index (χ4n) is 3.17. The Labute approximate surface area is 158 Å². The van der Waals surface area contributed by atoms with E-state index in [0.29, 0.717) is 23.6 Å². The number of carbonyl (C=O) groups excluding carboxylic acids is 1. The van der Waals surface area contributed by atoms with Gasteiger partial charge in [-0.3, -0.25) is 0 Å². The molecule has 2 aromatic carbocycles. The van der Waals surface area contributed by atoms with Gasteiger partial charge in [0.25, 0.3) is 0 Å². The summed E-state index contributed by atoms with van der Waals surface area (Å²) >= 11 is 0. The van der Waals surface area contributed by atoms with Gasteiger partial charge < -0.3 is 25.1 Å². The van der Waals surface area contributed by atoms with Crippen LogP contribution in [0.4, 0.5) is 10.5 Å². The van der Waals surface area contributed by atoms with Gasteiger partial charge in [-0.05, 0) is 44.0 Å². The highest BCUT2D eigenvalue weighted by Crippen LogP contribution is 2.29. The van der Waals surface area contributed by atoms with Crippen molar-refractivity contribution in [3.8, 4) is 11.5 Å². The number of benzene rings is 2. The Morgan fingerprint density at radius 1 is 1.11 bits per heavy atom. The molecule has 0 saturated carbocycles. The van der Waals surface area contributed by atoms with E-state index in [1.54, 1.807) is 32.4 Å². The van der Waals surface area contributed by atoms with Crippen molar-refractivity contribution >= 4 is 22.6 Å². The first-order valence-electron chi connectivity index (χ1n) is 8.78. The molecule has 27 heavy (non-hydrogen) atoms. The lowest BCUT2D eigenvalue weighted by Crippen LogP contribution is -2.47. The van der Waals surface area contributed by atoms with Crippen LogP contribution in [-0.2, 0) is 6.42 Å². The molecule has 0 bridgehead atoms. The number of aromatic nitrogens is 1. The highest BCUT2D eigenvalue weighted by Gasteiger charge is 2.23. The summed E-state index contributed by atoms with van der Waals surface area (Å²) in [6.07, 6.45) is 2.69. The van der Waals surface area contributed by atoms with E-state index < -0.39 is 5.54 Å². The van der Waals surface area contributed by atoms with Crippen molar-refractivity contribution in [1.29, 1.82) is 0 Å². The molecular formula is C21H25N3O3. The monoisotopic (exact) mass is 367 g/mol. The zero-order valence-corrected chi connectivity index (χ0v) is 16.1. The Morgan fingerprint density at radius 3 is 2.63 bits per heavy atom. The number of amides is 2. The van der Waals surface area contributed by atoms with Crippen molar-refractivity contribution in [2.24, 2.45) is 0 Å².